The summed E-state index contributed by atoms with van der Waals surface area (Å²) in [5.41, 5.74) is -0.751. The van der Waals surface area contributed by atoms with Gasteiger partial charge in [-0.15, -0.1) is 0 Å². The number of nitrogens with zero attached hydrogens (tertiary/aromatic N) is 2. The Kier molecular flexibility index (Phi) is 4.24. The Balaban J connectivity index is 2.20. The first-order chi connectivity index (χ1) is 9.00. The van der Waals surface area contributed by atoms with Gasteiger partial charge in [-0.2, -0.15) is 22.5 Å². The molecule has 19 heavy (non-hydrogen) atoms. The molecular weight excluding hydrogens is 264 g/mol. The van der Waals surface area contributed by atoms with Crippen molar-refractivity contribution in [3.05, 3.63) is 23.5 Å². The van der Waals surface area contributed by atoms with Gasteiger partial charge in [0, 0.05) is 20.2 Å². The summed E-state index contributed by atoms with van der Waals surface area (Å²) in [5, 5.41) is 0. The van der Waals surface area contributed by atoms with Gasteiger partial charge >= 0.3 is 0 Å². The maximum Gasteiger partial charge on any atom is 0.253 e. The van der Waals surface area contributed by atoms with Crippen molar-refractivity contribution in [3.63, 3.8) is 0 Å². The third kappa shape index (κ3) is 2.97. The van der Waals surface area contributed by atoms with E-state index in [0.717, 1.165) is 24.2 Å². The van der Waals surface area contributed by atoms with E-state index in [-0.39, 0.29) is 12.6 Å². The van der Waals surface area contributed by atoms with Crippen molar-refractivity contribution in [2.45, 2.75) is 25.4 Å². The summed E-state index contributed by atoms with van der Waals surface area (Å²) in [5.74, 6) is -6.27. The van der Waals surface area contributed by atoms with E-state index in [4.69, 9.17) is 4.74 Å². The van der Waals surface area contributed by atoms with Crippen LogP contribution in [0, 0.1) is 23.5 Å². The fourth-order valence-electron chi connectivity index (χ4n) is 2.16. The van der Waals surface area contributed by atoms with Gasteiger partial charge in [0.2, 0.25) is 11.6 Å². The lowest BCUT2D eigenvalue weighted by atomic mass is 10.1. The Bertz CT molecular complexity index is 437. The van der Waals surface area contributed by atoms with E-state index in [2.05, 4.69) is 4.98 Å². The quantitative estimate of drug-likeness (QED) is 0.628. The zero-order valence-corrected chi connectivity index (χ0v) is 10.4. The molecule has 1 aromatic heterocycles. The lowest BCUT2D eigenvalue weighted by Crippen LogP contribution is -2.34. The molecule has 0 aliphatic carbocycles. The monoisotopic (exact) mass is 278 g/mol. The predicted molar refractivity (Wildman–Crippen MR) is 60.9 cm³/mol. The van der Waals surface area contributed by atoms with Crippen molar-refractivity contribution in [1.29, 1.82) is 0 Å². The summed E-state index contributed by atoms with van der Waals surface area (Å²) in [6.07, 6.45) is 2.46. The van der Waals surface area contributed by atoms with Gasteiger partial charge in [0.05, 0.1) is 6.10 Å². The summed E-state index contributed by atoms with van der Waals surface area (Å²) < 4.78 is 58.5. The predicted octanol–water partition coefficient (Wildman–Crippen LogP) is 2.64. The fraction of sp³-hybridized carbons (Fsp3) is 0.583. The van der Waals surface area contributed by atoms with E-state index >= 15 is 0 Å². The van der Waals surface area contributed by atoms with E-state index in [1.54, 1.807) is 0 Å². The number of hydrogen-bond acceptors (Lipinski definition) is 3. The van der Waals surface area contributed by atoms with Crippen LogP contribution in [-0.4, -0.2) is 31.3 Å². The Morgan fingerprint density at radius 1 is 1.16 bits per heavy atom. The molecule has 1 aliphatic heterocycles. The highest BCUT2D eigenvalue weighted by Gasteiger charge is 2.25. The summed E-state index contributed by atoms with van der Waals surface area (Å²) in [6.45, 7) is 0.749. The van der Waals surface area contributed by atoms with Gasteiger partial charge < -0.3 is 9.64 Å². The van der Waals surface area contributed by atoms with E-state index in [9.17, 15) is 17.6 Å². The lowest BCUT2D eigenvalue weighted by Gasteiger charge is -2.28. The minimum absolute atomic E-state index is 0.163. The number of likely N-dealkylation sites (N-methyl/N-ethyl adjacent to an activating group) is 1. The van der Waals surface area contributed by atoms with Crippen LogP contribution in [0.1, 0.15) is 19.3 Å². The molecule has 3 nitrogen and oxygen atoms in total. The van der Waals surface area contributed by atoms with Gasteiger partial charge in [-0.05, 0) is 19.3 Å². The largest absolute Gasteiger partial charge is 0.376 e. The van der Waals surface area contributed by atoms with E-state index in [1.165, 1.54) is 7.05 Å². The van der Waals surface area contributed by atoms with Crippen LogP contribution < -0.4 is 4.90 Å². The zero-order valence-electron chi connectivity index (χ0n) is 10.4. The van der Waals surface area contributed by atoms with E-state index in [1.807, 2.05) is 0 Å². The molecule has 0 spiro atoms. The average Bonchev–Trinajstić information content (AvgIpc) is 2.38. The Morgan fingerprint density at radius 2 is 1.79 bits per heavy atom. The van der Waals surface area contributed by atoms with Crippen LogP contribution in [-0.2, 0) is 4.74 Å². The molecule has 1 atom stereocenters. The van der Waals surface area contributed by atoms with Crippen LogP contribution in [0.2, 0.25) is 0 Å². The van der Waals surface area contributed by atoms with Crippen molar-refractivity contribution in [3.8, 4) is 0 Å². The minimum atomic E-state index is -1.65. The second kappa shape index (κ2) is 5.73. The van der Waals surface area contributed by atoms with Gasteiger partial charge in [-0.25, -0.2) is 0 Å². The number of rotatable bonds is 3. The van der Waals surface area contributed by atoms with Gasteiger partial charge in [0.25, 0.3) is 11.9 Å². The molecule has 2 heterocycles. The molecule has 0 bridgehead atoms. The van der Waals surface area contributed by atoms with Crippen molar-refractivity contribution < 1.29 is 22.3 Å². The minimum Gasteiger partial charge on any atom is -0.376 e. The smallest absolute Gasteiger partial charge is 0.253 e. The number of ether oxygens (including phenoxy) is 1. The van der Waals surface area contributed by atoms with Crippen LogP contribution >= 0.6 is 0 Å². The number of aromatic nitrogens is 1. The molecule has 1 fully saturated rings. The Hall–Kier alpha value is -1.37. The molecule has 1 unspecified atom stereocenters. The molecular formula is C12H14F4N2O. The van der Waals surface area contributed by atoms with Crippen molar-refractivity contribution in [2.24, 2.45) is 0 Å². The SMILES string of the molecule is CN(CC1CCCCO1)c1c(F)c(F)nc(F)c1F. The lowest BCUT2D eigenvalue weighted by molar-refractivity contribution is 0.0214. The highest BCUT2D eigenvalue weighted by Crippen LogP contribution is 2.26. The van der Waals surface area contributed by atoms with E-state index in [0.29, 0.717) is 6.61 Å². The zero-order chi connectivity index (χ0) is 14.0. The molecule has 1 aliphatic rings. The normalized spacial score (nSPS) is 19.5. The van der Waals surface area contributed by atoms with Crippen LogP contribution in [0.5, 0.6) is 0 Å². The second-order valence-electron chi connectivity index (χ2n) is 4.54. The van der Waals surface area contributed by atoms with Crippen LogP contribution in [0.4, 0.5) is 23.2 Å². The summed E-state index contributed by atoms with van der Waals surface area (Å²) in [4.78, 5) is 3.64. The maximum absolute atomic E-state index is 13.5. The molecule has 0 amide bonds. The first kappa shape index (κ1) is 14.0. The van der Waals surface area contributed by atoms with E-state index < -0.39 is 29.2 Å². The van der Waals surface area contributed by atoms with Crippen molar-refractivity contribution >= 4 is 5.69 Å². The van der Waals surface area contributed by atoms with Gasteiger partial charge in [0.15, 0.2) is 0 Å². The molecule has 0 saturated carbocycles. The first-order valence-corrected chi connectivity index (χ1v) is 6.03. The average molecular weight is 278 g/mol. The van der Waals surface area contributed by atoms with Gasteiger partial charge in [-0.3, -0.25) is 0 Å². The molecule has 0 aromatic carbocycles. The first-order valence-electron chi connectivity index (χ1n) is 6.03. The van der Waals surface area contributed by atoms with Crippen LogP contribution in [0.25, 0.3) is 0 Å². The third-order valence-electron chi connectivity index (χ3n) is 3.11. The molecule has 2 rings (SSSR count). The highest BCUT2D eigenvalue weighted by molar-refractivity contribution is 5.47. The van der Waals surface area contributed by atoms with Gasteiger partial charge in [0.1, 0.15) is 5.69 Å². The Labute approximate surface area is 108 Å². The fourth-order valence-corrected chi connectivity index (χ4v) is 2.16. The standard InChI is InChI=1S/C12H14F4N2O/c1-18(6-7-4-2-3-5-19-7)10-8(13)11(15)17-12(16)9(10)14/h7H,2-6H2,1H3. The summed E-state index contributed by atoms with van der Waals surface area (Å²) in [6, 6.07) is 0. The van der Waals surface area contributed by atoms with Crippen LogP contribution in [0.3, 0.4) is 0 Å². The Morgan fingerprint density at radius 3 is 2.32 bits per heavy atom. The topological polar surface area (TPSA) is 25.4 Å². The molecule has 7 heteroatoms. The van der Waals surface area contributed by atoms with Gasteiger partial charge in [-0.1, -0.05) is 0 Å². The van der Waals surface area contributed by atoms with Crippen molar-refractivity contribution in [1.82, 2.24) is 4.98 Å². The highest BCUT2D eigenvalue weighted by atomic mass is 19.2. The number of pyridine rings is 1. The molecule has 1 aromatic rings. The molecule has 0 radical (unpaired) electrons. The molecule has 106 valence electrons. The number of halogens is 4. The van der Waals surface area contributed by atoms with Crippen molar-refractivity contribution in [2.75, 3.05) is 25.1 Å². The summed E-state index contributed by atoms with van der Waals surface area (Å²) >= 11 is 0. The number of hydrogen-bond donors (Lipinski definition) is 0. The maximum atomic E-state index is 13.5. The molecule has 1 saturated heterocycles. The second-order valence-corrected chi connectivity index (χ2v) is 4.54. The summed E-state index contributed by atoms with van der Waals surface area (Å²) in [7, 11) is 1.36. The van der Waals surface area contributed by atoms with Crippen LogP contribution in [0.15, 0.2) is 0 Å². The third-order valence-corrected chi connectivity index (χ3v) is 3.11. The number of anilines is 1. The molecule has 0 N–H and O–H groups in total.